The summed E-state index contributed by atoms with van der Waals surface area (Å²) in [4.78, 5) is 21.2. The molecule has 0 aliphatic rings. The molecule has 6 aromatic carbocycles. The number of anilines is 1. The van der Waals surface area contributed by atoms with E-state index in [1.54, 1.807) is 12.4 Å². The second kappa shape index (κ2) is 15.1. The Hall–Kier alpha value is -8.30. The maximum Gasteiger partial charge on any atom is 0.137 e. The van der Waals surface area contributed by atoms with Crippen LogP contribution in [-0.2, 0) is 0 Å². The van der Waals surface area contributed by atoms with Crippen LogP contribution in [0.3, 0.4) is 0 Å². The van der Waals surface area contributed by atoms with E-state index in [-0.39, 0.29) is 0 Å². The summed E-state index contributed by atoms with van der Waals surface area (Å²) in [5.41, 5.74) is 9.83. The minimum Gasteiger partial charge on any atom is -0.457 e. The zero-order valence-corrected chi connectivity index (χ0v) is 34.3. The highest BCUT2D eigenvalue weighted by Crippen LogP contribution is 2.38. The van der Waals surface area contributed by atoms with Crippen molar-refractivity contribution < 1.29 is 9.47 Å². The van der Waals surface area contributed by atoms with Gasteiger partial charge in [-0.05, 0) is 110 Å². The van der Waals surface area contributed by atoms with Crippen LogP contribution < -0.4 is 14.4 Å². The van der Waals surface area contributed by atoms with Crippen LogP contribution in [-0.4, -0.2) is 43.2 Å². The van der Waals surface area contributed by atoms with Crippen molar-refractivity contribution in [2.45, 2.75) is 6.92 Å². The SMILES string of the molecule is Cc1ccc2c(c1)c1ccc(Oc3cccc(-c4cnc(-c5cccc(Oc6ccc7c8cc(N(C)C)ccc8n(-c8ccccn8)c7c6)c5)cn4)c3)cc1n2-c1ccccn1. The lowest BCUT2D eigenvalue weighted by atomic mass is 10.1. The molecule has 0 aliphatic carbocycles. The van der Waals surface area contributed by atoms with Gasteiger partial charge in [0.1, 0.15) is 34.6 Å². The van der Waals surface area contributed by atoms with Crippen LogP contribution in [0.4, 0.5) is 5.69 Å². The highest BCUT2D eigenvalue weighted by atomic mass is 16.5. The van der Waals surface area contributed by atoms with Crippen LogP contribution in [0.25, 0.3) is 77.8 Å². The number of pyridine rings is 2. The third-order valence-corrected chi connectivity index (χ3v) is 11.3. The average molecular weight is 806 g/mol. The number of fused-ring (bicyclic) bond motifs is 6. The fourth-order valence-corrected chi connectivity index (χ4v) is 8.31. The predicted octanol–water partition coefficient (Wildman–Crippen LogP) is 12.8. The predicted molar refractivity (Wildman–Crippen MR) is 249 cm³/mol. The molecular weight excluding hydrogens is 767 g/mol. The van der Waals surface area contributed by atoms with E-state index < -0.39 is 0 Å². The van der Waals surface area contributed by atoms with Gasteiger partial charge in [-0.3, -0.25) is 19.1 Å². The van der Waals surface area contributed by atoms with Crippen molar-refractivity contribution in [1.82, 2.24) is 29.1 Å². The lowest BCUT2D eigenvalue weighted by Gasteiger charge is -2.12. The molecule has 0 spiro atoms. The molecule has 0 aliphatic heterocycles. The lowest BCUT2D eigenvalue weighted by molar-refractivity contribution is 0.483. The molecular formula is C53H39N7O2. The van der Waals surface area contributed by atoms with Gasteiger partial charge in [-0.25, -0.2) is 9.97 Å². The van der Waals surface area contributed by atoms with E-state index >= 15 is 0 Å². The Kier molecular flexibility index (Phi) is 8.93. The van der Waals surface area contributed by atoms with E-state index in [2.05, 4.69) is 101 Å². The first-order chi connectivity index (χ1) is 30.4. The van der Waals surface area contributed by atoms with E-state index in [4.69, 9.17) is 24.4 Å². The van der Waals surface area contributed by atoms with Gasteiger partial charge in [0.2, 0.25) is 0 Å². The number of hydrogen-bond donors (Lipinski definition) is 0. The summed E-state index contributed by atoms with van der Waals surface area (Å²) < 4.78 is 17.4. The zero-order chi connectivity index (χ0) is 41.7. The fraction of sp³-hybridized carbons (Fsp3) is 0.0566. The average Bonchev–Trinajstić information content (AvgIpc) is 3.81. The Balaban J connectivity index is 0.853. The molecule has 11 rings (SSSR count). The van der Waals surface area contributed by atoms with Crippen LogP contribution in [0.1, 0.15) is 5.56 Å². The summed E-state index contributed by atoms with van der Waals surface area (Å²) in [6, 6.07) is 53.3. The smallest absolute Gasteiger partial charge is 0.137 e. The summed E-state index contributed by atoms with van der Waals surface area (Å²) >= 11 is 0. The molecule has 0 unspecified atom stereocenters. The first-order valence-corrected chi connectivity index (χ1v) is 20.5. The highest BCUT2D eigenvalue weighted by Gasteiger charge is 2.17. The summed E-state index contributed by atoms with van der Waals surface area (Å²) in [6.45, 7) is 2.12. The molecule has 5 aromatic heterocycles. The van der Waals surface area contributed by atoms with Crippen molar-refractivity contribution in [2.24, 2.45) is 0 Å². The summed E-state index contributed by atoms with van der Waals surface area (Å²) in [7, 11) is 4.12. The van der Waals surface area contributed by atoms with Gasteiger partial charge >= 0.3 is 0 Å². The van der Waals surface area contributed by atoms with Crippen LogP contribution in [0, 0.1) is 6.92 Å². The zero-order valence-electron chi connectivity index (χ0n) is 34.3. The second-order valence-corrected chi connectivity index (χ2v) is 15.6. The molecule has 11 aromatic rings. The van der Waals surface area contributed by atoms with Crippen molar-refractivity contribution in [1.29, 1.82) is 0 Å². The third kappa shape index (κ3) is 6.62. The van der Waals surface area contributed by atoms with Gasteiger partial charge in [-0.15, -0.1) is 0 Å². The molecule has 298 valence electrons. The first-order valence-electron chi connectivity index (χ1n) is 20.5. The van der Waals surface area contributed by atoms with Crippen LogP contribution in [0.5, 0.6) is 23.0 Å². The van der Waals surface area contributed by atoms with Crippen molar-refractivity contribution >= 4 is 49.3 Å². The molecule has 0 bridgehead atoms. The monoisotopic (exact) mass is 805 g/mol. The maximum atomic E-state index is 6.52. The highest BCUT2D eigenvalue weighted by molar-refractivity contribution is 6.11. The van der Waals surface area contributed by atoms with Crippen molar-refractivity contribution in [3.8, 4) is 57.1 Å². The number of aromatic nitrogens is 6. The number of benzene rings is 6. The van der Waals surface area contributed by atoms with Gasteiger partial charge < -0.3 is 14.4 Å². The molecule has 0 radical (unpaired) electrons. The Morgan fingerprint density at radius 1 is 0.419 bits per heavy atom. The molecule has 62 heavy (non-hydrogen) atoms. The fourth-order valence-electron chi connectivity index (χ4n) is 8.31. The van der Waals surface area contributed by atoms with E-state index in [1.807, 2.05) is 109 Å². The van der Waals surface area contributed by atoms with Crippen molar-refractivity contribution in [3.63, 3.8) is 0 Å². The standard InChI is InChI=1S/C53H39N7O2/c1-34-16-22-48-44(26-34)42-20-18-40(30-50(42)59(48)52-14-4-6-24-54-52)61-38-12-8-10-35(27-38)46-32-57-47(33-56-46)36-11-9-13-39(28-36)62-41-19-21-43-45-29-37(58(2)3)17-23-49(45)60(51(43)31-41)53-15-5-7-25-55-53/h4-33H,1-3H3. The molecule has 0 saturated heterocycles. The Morgan fingerprint density at radius 2 is 0.935 bits per heavy atom. The Morgan fingerprint density at radius 3 is 1.44 bits per heavy atom. The molecule has 0 N–H and O–H groups in total. The van der Waals surface area contributed by atoms with Gasteiger partial charge in [0.25, 0.3) is 0 Å². The molecule has 0 amide bonds. The van der Waals surface area contributed by atoms with Crippen LogP contribution >= 0.6 is 0 Å². The molecule has 0 atom stereocenters. The third-order valence-electron chi connectivity index (χ3n) is 11.3. The largest absolute Gasteiger partial charge is 0.457 e. The number of aryl methyl sites for hydroxylation is 1. The Labute approximate surface area is 357 Å². The molecule has 9 nitrogen and oxygen atoms in total. The van der Waals surface area contributed by atoms with Gasteiger partial charge in [-0.1, -0.05) is 48.0 Å². The van der Waals surface area contributed by atoms with E-state index in [0.29, 0.717) is 11.5 Å². The summed E-state index contributed by atoms with van der Waals surface area (Å²) in [5, 5.41) is 4.60. The van der Waals surface area contributed by atoms with Gasteiger partial charge in [0.15, 0.2) is 0 Å². The van der Waals surface area contributed by atoms with E-state index in [0.717, 1.165) is 89.6 Å². The van der Waals surface area contributed by atoms with Crippen LogP contribution in [0.2, 0.25) is 0 Å². The normalized spacial score (nSPS) is 11.5. The molecule has 9 heteroatoms. The minimum atomic E-state index is 0.696. The van der Waals surface area contributed by atoms with Gasteiger partial charge in [-0.2, -0.15) is 0 Å². The minimum absolute atomic E-state index is 0.696. The van der Waals surface area contributed by atoms with Gasteiger partial charge in [0.05, 0.1) is 45.8 Å². The number of ether oxygens (including phenoxy) is 2. The first kappa shape index (κ1) is 36.8. The van der Waals surface area contributed by atoms with Crippen molar-refractivity contribution in [3.05, 3.63) is 188 Å². The summed E-state index contributed by atoms with van der Waals surface area (Å²) in [5.74, 6) is 4.54. The van der Waals surface area contributed by atoms with Crippen molar-refractivity contribution in [2.75, 3.05) is 19.0 Å². The van der Waals surface area contributed by atoms with E-state index in [1.165, 1.54) is 10.9 Å². The topological polar surface area (TPSA) is 83.1 Å². The molecule has 0 saturated carbocycles. The summed E-state index contributed by atoms with van der Waals surface area (Å²) in [6.07, 6.45) is 7.24. The van der Waals surface area contributed by atoms with Crippen LogP contribution in [0.15, 0.2) is 183 Å². The lowest BCUT2D eigenvalue weighted by Crippen LogP contribution is -2.08. The molecule has 5 heterocycles. The number of hydrogen-bond acceptors (Lipinski definition) is 7. The quantitative estimate of drug-likeness (QED) is 0.144. The maximum absolute atomic E-state index is 6.52. The van der Waals surface area contributed by atoms with E-state index in [9.17, 15) is 0 Å². The second-order valence-electron chi connectivity index (χ2n) is 15.6. The number of nitrogens with zero attached hydrogens (tertiary/aromatic N) is 7. The molecule has 0 fully saturated rings. The van der Waals surface area contributed by atoms with Gasteiger partial charge in [0, 0.05) is 77.0 Å². The Bertz CT molecular complexity index is 3450. The number of rotatable bonds is 9.